The van der Waals surface area contributed by atoms with Gasteiger partial charge in [-0.1, -0.05) is 35.9 Å². The van der Waals surface area contributed by atoms with E-state index < -0.39 is 23.5 Å². The Bertz CT molecular complexity index is 1240. The number of ether oxygens (including phenoxy) is 3. The summed E-state index contributed by atoms with van der Waals surface area (Å²) in [6, 6.07) is 14.1. The van der Waals surface area contributed by atoms with E-state index in [2.05, 4.69) is 0 Å². The molecule has 0 aliphatic rings. The van der Waals surface area contributed by atoms with Gasteiger partial charge >= 0.3 is 5.97 Å². The zero-order valence-electron chi connectivity index (χ0n) is 19.5. The van der Waals surface area contributed by atoms with Gasteiger partial charge in [-0.15, -0.1) is 0 Å². The van der Waals surface area contributed by atoms with Crippen LogP contribution in [0.1, 0.15) is 24.2 Å². The van der Waals surface area contributed by atoms with Gasteiger partial charge in [0, 0.05) is 33.3 Å². The van der Waals surface area contributed by atoms with Crippen LogP contribution in [-0.2, 0) is 21.3 Å². The highest BCUT2D eigenvalue weighted by Crippen LogP contribution is 2.35. The highest BCUT2D eigenvalue weighted by atomic mass is 35.5. The molecule has 0 bridgehead atoms. The molecule has 3 rings (SSSR count). The second-order valence-electron chi connectivity index (χ2n) is 7.59. The third kappa shape index (κ3) is 5.24. The van der Waals surface area contributed by atoms with Gasteiger partial charge in [0.1, 0.15) is 17.9 Å². The molecule has 2 aromatic carbocycles. The second kappa shape index (κ2) is 11.2. The van der Waals surface area contributed by atoms with Gasteiger partial charge in [-0.25, -0.2) is 0 Å². The first-order chi connectivity index (χ1) is 16.3. The number of amides is 1. The van der Waals surface area contributed by atoms with Gasteiger partial charge in [-0.05, 0) is 31.2 Å². The first-order valence-electron chi connectivity index (χ1n) is 10.8. The lowest BCUT2D eigenvalue weighted by Crippen LogP contribution is -2.38. The molecule has 34 heavy (non-hydrogen) atoms. The van der Waals surface area contributed by atoms with Crippen LogP contribution in [0.3, 0.4) is 0 Å². The molecule has 180 valence electrons. The van der Waals surface area contributed by atoms with E-state index in [1.807, 2.05) is 25.1 Å². The molecule has 0 radical (unpaired) electrons. The van der Waals surface area contributed by atoms with Crippen molar-refractivity contribution in [2.45, 2.75) is 20.0 Å². The normalized spacial score (nSPS) is 11.8. The minimum absolute atomic E-state index is 0.0253. The van der Waals surface area contributed by atoms with Crippen LogP contribution in [0.15, 0.2) is 53.3 Å². The summed E-state index contributed by atoms with van der Waals surface area (Å²) in [6.45, 7) is 3.34. The fourth-order valence-corrected chi connectivity index (χ4v) is 3.94. The molecule has 0 fully saturated rings. The fourth-order valence-electron chi connectivity index (χ4n) is 3.69. The number of nitrogens with zero attached hydrogens (tertiary/aromatic N) is 2. The van der Waals surface area contributed by atoms with E-state index in [1.54, 1.807) is 37.4 Å². The van der Waals surface area contributed by atoms with E-state index in [0.29, 0.717) is 28.2 Å². The number of methoxy groups -OCH3 is 1. The summed E-state index contributed by atoms with van der Waals surface area (Å²) in [5.74, 6) is -0.999. The molecule has 1 atom stereocenters. The van der Waals surface area contributed by atoms with Crippen molar-refractivity contribution in [1.29, 1.82) is 0 Å². The molecule has 1 heterocycles. The van der Waals surface area contributed by atoms with Crippen molar-refractivity contribution in [2.24, 2.45) is 7.05 Å². The van der Waals surface area contributed by atoms with E-state index in [-0.39, 0.29) is 24.5 Å². The predicted octanol–water partition coefficient (Wildman–Crippen LogP) is 3.82. The van der Waals surface area contributed by atoms with Crippen LogP contribution in [0, 0.1) is 0 Å². The highest BCUT2D eigenvalue weighted by molar-refractivity contribution is 6.36. The Balaban J connectivity index is 2.25. The summed E-state index contributed by atoms with van der Waals surface area (Å²) in [5.41, 5.74) is 0.427. The lowest BCUT2D eigenvalue weighted by Gasteiger charge is -2.25. The minimum Gasteiger partial charge on any atom is -0.483 e. The Hall–Kier alpha value is -3.36. The maximum absolute atomic E-state index is 13.8. The van der Waals surface area contributed by atoms with Crippen molar-refractivity contribution in [2.75, 3.05) is 31.8 Å². The van der Waals surface area contributed by atoms with E-state index in [9.17, 15) is 14.4 Å². The zero-order chi connectivity index (χ0) is 24.8. The van der Waals surface area contributed by atoms with Gasteiger partial charge in [-0.2, -0.15) is 0 Å². The molecule has 1 aromatic heterocycles. The molecule has 0 saturated carbocycles. The Morgan fingerprint density at radius 3 is 2.41 bits per heavy atom. The Morgan fingerprint density at radius 2 is 1.79 bits per heavy atom. The van der Waals surface area contributed by atoms with Gasteiger partial charge in [-0.3, -0.25) is 14.4 Å². The van der Waals surface area contributed by atoms with Crippen molar-refractivity contribution >= 4 is 40.1 Å². The van der Waals surface area contributed by atoms with E-state index in [1.165, 1.54) is 23.5 Å². The average Bonchev–Trinajstić information content (AvgIpc) is 2.82. The van der Waals surface area contributed by atoms with Crippen LogP contribution in [0.5, 0.6) is 5.75 Å². The number of anilines is 1. The molecule has 8 nitrogen and oxygen atoms in total. The zero-order valence-corrected chi connectivity index (χ0v) is 20.3. The first-order valence-corrected chi connectivity index (χ1v) is 11.1. The largest absolute Gasteiger partial charge is 0.483 e. The van der Waals surface area contributed by atoms with Gasteiger partial charge in [0.05, 0.1) is 22.5 Å². The summed E-state index contributed by atoms with van der Waals surface area (Å²) < 4.78 is 17.9. The summed E-state index contributed by atoms with van der Waals surface area (Å²) in [4.78, 5) is 40.2. The summed E-state index contributed by atoms with van der Waals surface area (Å²) in [6.07, 6.45) is -0.779. The number of carbonyl (C=O) groups excluding carboxylic acids is 2. The lowest BCUT2D eigenvalue weighted by molar-refractivity contribution is -0.144. The van der Waals surface area contributed by atoms with Gasteiger partial charge in [0.15, 0.2) is 6.10 Å². The first kappa shape index (κ1) is 25.3. The number of para-hydroxylation sites is 1. The predicted molar refractivity (Wildman–Crippen MR) is 131 cm³/mol. The maximum Gasteiger partial charge on any atom is 0.302 e. The molecule has 1 amide bonds. The molecule has 0 saturated heterocycles. The van der Waals surface area contributed by atoms with Crippen LogP contribution >= 0.6 is 11.6 Å². The number of halogens is 1. The quantitative estimate of drug-likeness (QED) is 0.427. The van der Waals surface area contributed by atoms with Crippen LogP contribution in [0.4, 0.5) is 5.69 Å². The van der Waals surface area contributed by atoms with Gasteiger partial charge in [0.2, 0.25) is 0 Å². The van der Waals surface area contributed by atoms with Crippen molar-refractivity contribution in [1.82, 2.24) is 4.57 Å². The van der Waals surface area contributed by atoms with Gasteiger partial charge < -0.3 is 23.7 Å². The lowest BCUT2D eigenvalue weighted by atomic mass is 10.1. The van der Waals surface area contributed by atoms with Crippen LogP contribution < -0.4 is 15.2 Å². The van der Waals surface area contributed by atoms with Crippen LogP contribution in [-0.4, -0.2) is 49.4 Å². The molecule has 0 N–H and O–H groups in total. The fraction of sp³-hybridized carbons (Fsp3) is 0.320. The third-order valence-electron chi connectivity index (χ3n) is 5.28. The van der Waals surface area contributed by atoms with E-state index >= 15 is 0 Å². The monoisotopic (exact) mass is 486 g/mol. The third-order valence-corrected chi connectivity index (χ3v) is 5.59. The highest BCUT2D eigenvalue weighted by Gasteiger charge is 2.30. The number of fused-ring (bicyclic) bond motifs is 1. The van der Waals surface area contributed by atoms with E-state index in [0.717, 1.165) is 0 Å². The number of aromatic nitrogens is 1. The molecule has 3 aromatic rings. The second-order valence-corrected chi connectivity index (χ2v) is 7.99. The topological polar surface area (TPSA) is 87.1 Å². The number of aryl methyl sites for hydroxylation is 1. The average molecular weight is 487 g/mol. The number of carbonyl (C=O) groups is 2. The minimum atomic E-state index is -0.779. The van der Waals surface area contributed by atoms with Crippen LogP contribution in [0.2, 0.25) is 5.02 Å². The number of benzene rings is 2. The number of esters is 1. The Morgan fingerprint density at radius 1 is 1.09 bits per heavy atom. The van der Waals surface area contributed by atoms with Crippen molar-refractivity contribution in [3.63, 3.8) is 0 Å². The number of hydrogen-bond acceptors (Lipinski definition) is 6. The number of hydrogen-bond donors (Lipinski definition) is 0. The smallest absolute Gasteiger partial charge is 0.302 e. The number of pyridine rings is 1. The number of rotatable bonds is 9. The molecule has 0 aliphatic carbocycles. The Labute approximate surface area is 202 Å². The molecule has 1 unspecified atom stereocenters. The van der Waals surface area contributed by atoms with Crippen molar-refractivity contribution in [3.8, 4) is 5.75 Å². The SMILES string of the molecule is CCN(C(=O)c1c(OC(COC)COC(C)=O)c2c(Cl)cccc2n(C)c1=O)c1ccccc1. The molecule has 0 spiro atoms. The van der Waals surface area contributed by atoms with E-state index in [4.69, 9.17) is 25.8 Å². The Kier molecular flexibility index (Phi) is 8.31. The van der Waals surface area contributed by atoms with Crippen molar-refractivity contribution in [3.05, 3.63) is 69.5 Å². The van der Waals surface area contributed by atoms with Gasteiger partial charge in [0.25, 0.3) is 11.5 Å². The molecule has 9 heteroatoms. The molecular formula is C25H27ClN2O6. The summed E-state index contributed by atoms with van der Waals surface area (Å²) in [5, 5.41) is 0.714. The standard InChI is InChI=1S/C25H27ClN2O6/c1-5-28(17-10-7-6-8-11-17)25(31)22-23(34-18(14-32-4)15-33-16(2)29)21-19(26)12-9-13-20(21)27(3)24(22)30/h6-13,18H,5,14-15H2,1-4H3. The van der Waals surface area contributed by atoms with Crippen LogP contribution in [0.25, 0.3) is 10.9 Å². The summed E-state index contributed by atoms with van der Waals surface area (Å²) >= 11 is 6.54. The maximum atomic E-state index is 13.8. The molecule has 0 aliphatic heterocycles. The molecular weight excluding hydrogens is 460 g/mol. The van der Waals surface area contributed by atoms with Crippen molar-refractivity contribution < 1.29 is 23.8 Å². The summed E-state index contributed by atoms with van der Waals surface area (Å²) in [7, 11) is 3.05.